The Morgan fingerprint density at radius 3 is 2.33 bits per heavy atom. The van der Waals surface area contributed by atoms with Crippen molar-refractivity contribution < 1.29 is 18.0 Å². The van der Waals surface area contributed by atoms with Crippen molar-refractivity contribution in [1.29, 1.82) is 0 Å². The van der Waals surface area contributed by atoms with Gasteiger partial charge in [0.15, 0.2) is 17.4 Å². The zero-order chi connectivity index (χ0) is 13.3. The molecular formula is C13H6ClF3O. The van der Waals surface area contributed by atoms with Crippen LogP contribution in [-0.2, 0) is 0 Å². The van der Waals surface area contributed by atoms with Crippen LogP contribution in [0.25, 0.3) is 0 Å². The van der Waals surface area contributed by atoms with Gasteiger partial charge in [-0.1, -0.05) is 11.6 Å². The van der Waals surface area contributed by atoms with Gasteiger partial charge in [-0.3, -0.25) is 4.79 Å². The van der Waals surface area contributed by atoms with Crippen LogP contribution in [0, 0.1) is 17.5 Å². The van der Waals surface area contributed by atoms with Crippen LogP contribution in [0.4, 0.5) is 13.2 Å². The highest BCUT2D eigenvalue weighted by Crippen LogP contribution is 2.21. The summed E-state index contributed by atoms with van der Waals surface area (Å²) in [7, 11) is 0. The van der Waals surface area contributed by atoms with Gasteiger partial charge in [-0.25, -0.2) is 13.2 Å². The zero-order valence-corrected chi connectivity index (χ0v) is 9.64. The van der Waals surface area contributed by atoms with Crippen molar-refractivity contribution in [2.45, 2.75) is 0 Å². The van der Waals surface area contributed by atoms with Crippen LogP contribution < -0.4 is 0 Å². The lowest BCUT2D eigenvalue weighted by atomic mass is 10.0. The van der Waals surface area contributed by atoms with Crippen LogP contribution in [0.3, 0.4) is 0 Å². The van der Waals surface area contributed by atoms with Crippen molar-refractivity contribution in [3.63, 3.8) is 0 Å². The number of ketones is 1. The van der Waals surface area contributed by atoms with Gasteiger partial charge in [-0.05, 0) is 36.4 Å². The maximum absolute atomic E-state index is 13.0. The van der Waals surface area contributed by atoms with Gasteiger partial charge in [0.25, 0.3) is 0 Å². The molecule has 0 saturated carbocycles. The molecule has 5 heteroatoms. The second-order valence-electron chi connectivity index (χ2n) is 3.58. The molecule has 0 aliphatic rings. The van der Waals surface area contributed by atoms with Gasteiger partial charge >= 0.3 is 0 Å². The molecule has 0 fully saturated rings. The summed E-state index contributed by atoms with van der Waals surface area (Å²) in [6, 6.07) is 5.97. The summed E-state index contributed by atoms with van der Waals surface area (Å²) in [5.41, 5.74) is -0.191. The van der Waals surface area contributed by atoms with E-state index in [4.69, 9.17) is 11.6 Å². The molecule has 0 aromatic heterocycles. The molecule has 0 bridgehead atoms. The van der Waals surface area contributed by atoms with E-state index in [1.165, 1.54) is 6.07 Å². The van der Waals surface area contributed by atoms with Gasteiger partial charge in [0.1, 0.15) is 5.82 Å². The number of carbonyl (C=O) groups excluding carboxylic acids is 1. The Balaban J connectivity index is 2.47. The normalized spacial score (nSPS) is 10.4. The third-order valence-electron chi connectivity index (χ3n) is 2.35. The van der Waals surface area contributed by atoms with E-state index in [0.717, 1.165) is 30.3 Å². The molecule has 92 valence electrons. The Bertz CT molecular complexity index is 626. The molecule has 0 aliphatic carbocycles. The summed E-state index contributed by atoms with van der Waals surface area (Å²) >= 11 is 5.76. The fraction of sp³-hybridized carbons (Fsp3) is 0. The molecule has 0 atom stereocenters. The van der Waals surface area contributed by atoms with Crippen LogP contribution in [0.5, 0.6) is 0 Å². The maximum Gasteiger partial charge on any atom is 0.194 e. The van der Waals surface area contributed by atoms with Crippen LogP contribution in [0.1, 0.15) is 15.9 Å². The first-order valence-electron chi connectivity index (χ1n) is 4.94. The second-order valence-corrected chi connectivity index (χ2v) is 3.99. The number of benzene rings is 2. The molecule has 18 heavy (non-hydrogen) atoms. The van der Waals surface area contributed by atoms with Gasteiger partial charge < -0.3 is 0 Å². The van der Waals surface area contributed by atoms with E-state index >= 15 is 0 Å². The SMILES string of the molecule is O=C(c1ccc(F)c(F)c1)c1cc(F)ccc1Cl. The van der Waals surface area contributed by atoms with Gasteiger partial charge in [0.05, 0.1) is 5.02 Å². The highest BCUT2D eigenvalue weighted by Gasteiger charge is 2.15. The van der Waals surface area contributed by atoms with Crippen molar-refractivity contribution in [2.24, 2.45) is 0 Å². The summed E-state index contributed by atoms with van der Waals surface area (Å²) in [5, 5.41) is 0.0473. The minimum absolute atomic E-state index is 0.0473. The molecule has 0 N–H and O–H groups in total. The average Bonchev–Trinajstić information content (AvgIpc) is 2.35. The van der Waals surface area contributed by atoms with Crippen molar-refractivity contribution in [2.75, 3.05) is 0 Å². The lowest BCUT2D eigenvalue weighted by molar-refractivity contribution is 0.103. The first-order chi connectivity index (χ1) is 8.49. The molecule has 0 amide bonds. The van der Waals surface area contributed by atoms with Crippen molar-refractivity contribution in [3.8, 4) is 0 Å². The number of hydrogen-bond donors (Lipinski definition) is 0. The van der Waals surface area contributed by atoms with Gasteiger partial charge in [-0.15, -0.1) is 0 Å². The Morgan fingerprint density at radius 1 is 0.944 bits per heavy atom. The van der Waals surface area contributed by atoms with Crippen LogP contribution in [0.15, 0.2) is 36.4 Å². The maximum atomic E-state index is 13.0. The highest BCUT2D eigenvalue weighted by atomic mass is 35.5. The van der Waals surface area contributed by atoms with Crippen molar-refractivity contribution in [1.82, 2.24) is 0 Å². The predicted octanol–water partition coefficient (Wildman–Crippen LogP) is 3.99. The van der Waals surface area contributed by atoms with E-state index in [2.05, 4.69) is 0 Å². The topological polar surface area (TPSA) is 17.1 Å². The minimum Gasteiger partial charge on any atom is -0.289 e. The van der Waals surface area contributed by atoms with Crippen molar-refractivity contribution in [3.05, 3.63) is 70.0 Å². The van der Waals surface area contributed by atoms with Gasteiger partial charge in [-0.2, -0.15) is 0 Å². The predicted molar refractivity (Wildman–Crippen MR) is 61.2 cm³/mol. The largest absolute Gasteiger partial charge is 0.289 e. The van der Waals surface area contributed by atoms with E-state index in [1.54, 1.807) is 0 Å². The van der Waals surface area contributed by atoms with E-state index in [9.17, 15) is 18.0 Å². The smallest absolute Gasteiger partial charge is 0.194 e. The van der Waals surface area contributed by atoms with Crippen LogP contribution >= 0.6 is 11.6 Å². The van der Waals surface area contributed by atoms with E-state index in [1.807, 2.05) is 0 Å². The Kier molecular flexibility index (Phi) is 3.39. The number of hydrogen-bond acceptors (Lipinski definition) is 1. The summed E-state index contributed by atoms with van der Waals surface area (Å²) in [6.45, 7) is 0. The molecule has 0 unspecified atom stereocenters. The number of rotatable bonds is 2. The average molecular weight is 271 g/mol. The molecular weight excluding hydrogens is 265 g/mol. The minimum atomic E-state index is -1.15. The molecule has 0 heterocycles. The number of carbonyl (C=O) groups is 1. The Labute approximate surface area is 106 Å². The van der Waals surface area contributed by atoms with Gasteiger partial charge in [0.2, 0.25) is 0 Å². The quantitative estimate of drug-likeness (QED) is 0.754. The third-order valence-corrected chi connectivity index (χ3v) is 2.68. The van der Waals surface area contributed by atoms with E-state index in [0.29, 0.717) is 0 Å². The molecule has 0 radical (unpaired) electrons. The zero-order valence-electron chi connectivity index (χ0n) is 8.88. The Hall–Kier alpha value is -1.81. The fourth-order valence-electron chi connectivity index (χ4n) is 1.46. The summed E-state index contributed by atoms with van der Waals surface area (Å²) in [4.78, 5) is 11.9. The fourth-order valence-corrected chi connectivity index (χ4v) is 1.67. The van der Waals surface area contributed by atoms with E-state index in [-0.39, 0.29) is 16.1 Å². The monoisotopic (exact) mass is 270 g/mol. The second kappa shape index (κ2) is 4.82. The third kappa shape index (κ3) is 2.38. The molecule has 2 aromatic carbocycles. The molecule has 2 aromatic rings. The number of halogens is 4. The molecule has 0 saturated heterocycles. The standard InChI is InChI=1S/C13H6ClF3O/c14-10-3-2-8(15)6-9(10)13(18)7-1-4-11(16)12(17)5-7/h1-6H. The molecule has 0 aliphatic heterocycles. The summed E-state index contributed by atoms with van der Waals surface area (Å²) in [6.07, 6.45) is 0. The lowest BCUT2D eigenvalue weighted by Crippen LogP contribution is -2.04. The first-order valence-corrected chi connectivity index (χ1v) is 5.31. The molecule has 0 spiro atoms. The molecule has 1 nitrogen and oxygen atoms in total. The lowest BCUT2D eigenvalue weighted by Gasteiger charge is -2.04. The van der Waals surface area contributed by atoms with E-state index < -0.39 is 23.2 Å². The summed E-state index contributed by atoms with van der Waals surface area (Å²) < 4.78 is 38.8. The Morgan fingerprint density at radius 2 is 1.67 bits per heavy atom. The van der Waals surface area contributed by atoms with Crippen LogP contribution in [0.2, 0.25) is 5.02 Å². The molecule has 2 rings (SSSR count). The van der Waals surface area contributed by atoms with Crippen molar-refractivity contribution >= 4 is 17.4 Å². The summed E-state index contributed by atoms with van der Waals surface area (Å²) in [5.74, 6) is -3.51. The highest BCUT2D eigenvalue weighted by molar-refractivity contribution is 6.34. The first kappa shape index (κ1) is 12.6. The van der Waals surface area contributed by atoms with Gasteiger partial charge in [0, 0.05) is 11.1 Å². The van der Waals surface area contributed by atoms with Crippen LogP contribution in [-0.4, -0.2) is 5.78 Å².